The van der Waals surface area contributed by atoms with E-state index < -0.39 is 0 Å². The van der Waals surface area contributed by atoms with Crippen molar-refractivity contribution in [3.05, 3.63) is 76.2 Å². The lowest BCUT2D eigenvalue weighted by atomic mass is 10.3. The molecule has 0 fully saturated rings. The van der Waals surface area contributed by atoms with Gasteiger partial charge in [-0.3, -0.25) is 10.1 Å². The molecule has 2 aromatic carbocycles. The second-order valence-electron chi connectivity index (χ2n) is 6.00. The number of halogens is 1. The molecule has 0 saturated carbocycles. The summed E-state index contributed by atoms with van der Waals surface area (Å²) in [6.07, 6.45) is 0. The van der Waals surface area contributed by atoms with Gasteiger partial charge in [-0.25, -0.2) is 9.37 Å². The molecular weight excluding hydrogens is 365 g/mol. The number of anilines is 1. The Morgan fingerprint density at radius 2 is 2.07 bits per heavy atom. The van der Waals surface area contributed by atoms with Crippen LogP contribution in [0.4, 0.5) is 10.3 Å². The molecule has 2 heterocycles. The predicted octanol–water partition coefficient (Wildman–Crippen LogP) is 4.61. The van der Waals surface area contributed by atoms with Crippen LogP contribution < -0.4 is 10.1 Å². The van der Waals surface area contributed by atoms with E-state index in [1.165, 1.54) is 23.5 Å². The summed E-state index contributed by atoms with van der Waals surface area (Å²) in [6, 6.07) is 15.4. The van der Waals surface area contributed by atoms with Crippen LogP contribution in [-0.4, -0.2) is 15.5 Å². The Bertz CT molecular complexity index is 1120. The van der Waals surface area contributed by atoms with E-state index in [1.807, 2.05) is 41.3 Å². The Balaban J connectivity index is 1.44. The van der Waals surface area contributed by atoms with Gasteiger partial charge in [0.1, 0.15) is 18.2 Å². The van der Waals surface area contributed by atoms with Crippen molar-refractivity contribution >= 4 is 34.2 Å². The number of amides is 1. The fraction of sp³-hybridized carbons (Fsp3) is 0.100. The average Bonchev–Trinajstić information content (AvgIpc) is 3.26. The minimum absolute atomic E-state index is 0.226. The molecule has 0 atom stereocenters. The topological polar surface area (TPSA) is 56.2 Å². The van der Waals surface area contributed by atoms with Gasteiger partial charge in [0.2, 0.25) is 5.95 Å². The molecule has 7 heteroatoms. The molecule has 0 aliphatic heterocycles. The molecule has 0 bridgehead atoms. The maximum atomic E-state index is 13.2. The van der Waals surface area contributed by atoms with E-state index in [0.29, 0.717) is 16.6 Å². The number of benzene rings is 2. The number of thiophene rings is 1. The Morgan fingerprint density at radius 3 is 2.89 bits per heavy atom. The number of hydrogen-bond donors (Lipinski definition) is 1. The van der Waals surface area contributed by atoms with Crippen molar-refractivity contribution in [2.75, 3.05) is 5.32 Å². The highest BCUT2D eigenvalue weighted by atomic mass is 32.1. The third kappa shape index (κ3) is 3.68. The van der Waals surface area contributed by atoms with E-state index >= 15 is 0 Å². The van der Waals surface area contributed by atoms with Gasteiger partial charge >= 0.3 is 0 Å². The molecule has 27 heavy (non-hydrogen) atoms. The number of rotatable bonds is 5. The number of carbonyl (C=O) groups is 1. The highest BCUT2D eigenvalue weighted by molar-refractivity contribution is 7.12. The first-order chi connectivity index (χ1) is 13.1. The molecule has 0 unspecified atom stereocenters. The van der Waals surface area contributed by atoms with Crippen molar-refractivity contribution in [2.45, 2.75) is 6.61 Å². The molecule has 5 nitrogen and oxygen atoms in total. The van der Waals surface area contributed by atoms with Gasteiger partial charge in [-0.15, -0.1) is 11.3 Å². The highest BCUT2D eigenvalue weighted by Crippen LogP contribution is 2.21. The lowest BCUT2D eigenvalue weighted by Gasteiger charge is -2.04. The largest absolute Gasteiger partial charge is 0.489 e. The summed E-state index contributed by atoms with van der Waals surface area (Å²) in [6.45, 7) is 0.263. The fourth-order valence-electron chi connectivity index (χ4n) is 2.71. The van der Waals surface area contributed by atoms with Gasteiger partial charge in [-0.2, -0.15) is 0 Å². The van der Waals surface area contributed by atoms with Crippen molar-refractivity contribution in [3.8, 4) is 5.75 Å². The van der Waals surface area contributed by atoms with E-state index in [4.69, 9.17) is 4.74 Å². The zero-order valence-electron chi connectivity index (χ0n) is 14.5. The van der Waals surface area contributed by atoms with Crippen molar-refractivity contribution < 1.29 is 13.9 Å². The highest BCUT2D eigenvalue weighted by Gasteiger charge is 2.14. The standard InChI is InChI=1S/C20H16FN3O2S/c1-24-17-8-3-2-7-16(17)22-20(24)23-19(25)18-9-13(12-27-18)11-26-15-6-4-5-14(21)10-15/h2-10,12H,11H2,1H3,(H,22,23,25). The van der Waals surface area contributed by atoms with Crippen molar-refractivity contribution in [1.82, 2.24) is 9.55 Å². The second kappa shape index (κ2) is 7.20. The van der Waals surface area contributed by atoms with Crippen LogP contribution in [0.5, 0.6) is 5.75 Å². The lowest BCUT2D eigenvalue weighted by molar-refractivity contribution is 0.102. The van der Waals surface area contributed by atoms with Gasteiger partial charge in [0, 0.05) is 18.7 Å². The van der Waals surface area contributed by atoms with Gasteiger partial charge in [0.25, 0.3) is 5.91 Å². The van der Waals surface area contributed by atoms with Gasteiger partial charge in [0.15, 0.2) is 0 Å². The number of carbonyl (C=O) groups excluding carboxylic acids is 1. The van der Waals surface area contributed by atoms with Crippen molar-refractivity contribution in [3.63, 3.8) is 0 Å². The monoisotopic (exact) mass is 381 g/mol. The molecule has 4 aromatic rings. The average molecular weight is 381 g/mol. The van der Waals surface area contributed by atoms with Crippen LogP contribution in [0.25, 0.3) is 11.0 Å². The maximum Gasteiger partial charge on any atom is 0.268 e. The normalized spacial score (nSPS) is 10.9. The molecule has 0 radical (unpaired) electrons. The minimum atomic E-state index is -0.347. The van der Waals surface area contributed by atoms with Crippen LogP contribution in [0, 0.1) is 5.82 Å². The molecule has 4 rings (SSSR count). The fourth-order valence-corrected chi connectivity index (χ4v) is 3.51. The zero-order valence-corrected chi connectivity index (χ0v) is 15.3. The quantitative estimate of drug-likeness (QED) is 0.549. The van der Waals surface area contributed by atoms with Crippen molar-refractivity contribution in [2.24, 2.45) is 7.05 Å². The maximum absolute atomic E-state index is 13.2. The molecule has 1 N–H and O–H groups in total. The van der Waals surface area contributed by atoms with E-state index in [2.05, 4.69) is 10.3 Å². The number of hydrogen-bond acceptors (Lipinski definition) is 4. The number of aromatic nitrogens is 2. The number of nitrogens with one attached hydrogen (secondary N) is 1. The van der Waals surface area contributed by atoms with Crippen LogP contribution in [0.2, 0.25) is 0 Å². The molecule has 0 aliphatic carbocycles. The van der Waals surface area contributed by atoms with Crippen LogP contribution in [-0.2, 0) is 13.7 Å². The van der Waals surface area contributed by atoms with Crippen LogP contribution in [0.3, 0.4) is 0 Å². The van der Waals surface area contributed by atoms with Crippen molar-refractivity contribution in [1.29, 1.82) is 0 Å². The first-order valence-electron chi connectivity index (χ1n) is 8.29. The summed E-state index contributed by atoms with van der Waals surface area (Å²) < 4.78 is 20.6. The number of para-hydroxylation sites is 2. The molecule has 2 aromatic heterocycles. The molecule has 136 valence electrons. The summed E-state index contributed by atoms with van der Waals surface area (Å²) in [7, 11) is 1.86. The van der Waals surface area contributed by atoms with Gasteiger partial charge < -0.3 is 9.30 Å². The number of nitrogens with zero attached hydrogens (tertiary/aromatic N) is 2. The number of imidazole rings is 1. The Kier molecular flexibility index (Phi) is 4.60. The van der Waals surface area contributed by atoms with Crippen LogP contribution >= 0.6 is 11.3 Å². The summed E-state index contributed by atoms with van der Waals surface area (Å²) in [5, 5.41) is 4.69. The lowest BCUT2D eigenvalue weighted by Crippen LogP contribution is -2.13. The SMILES string of the molecule is Cn1c(NC(=O)c2cc(COc3cccc(F)c3)cs2)nc2ccccc21. The summed E-state index contributed by atoms with van der Waals surface area (Å²) in [5.41, 5.74) is 2.62. The Morgan fingerprint density at radius 1 is 1.22 bits per heavy atom. The second-order valence-corrected chi connectivity index (χ2v) is 6.91. The minimum Gasteiger partial charge on any atom is -0.489 e. The molecular formula is C20H16FN3O2S. The smallest absolute Gasteiger partial charge is 0.268 e. The number of aryl methyl sites for hydroxylation is 1. The zero-order chi connectivity index (χ0) is 18.8. The molecule has 0 saturated heterocycles. The summed E-state index contributed by atoms with van der Waals surface area (Å²) in [5.74, 6) is 0.370. The predicted molar refractivity (Wildman–Crippen MR) is 104 cm³/mol. The van der Waals surface area contributed by atoms with E-state index in [1.54, 1.807) is 18.2 Å². The third-order valence-corrected chi connectivity index (χ3v) is 5.07. The van der Waals surface area contributed by atoms with Crippen LogP contribution in [0.1, 0.15) is 15.2 Å². The van der Waals surface area contributed by atoms with Gasteiger partial charge in [-0.05, 0) is 35.7 Å². The Hall–Kier alpha value is -3.19. The summed E-state index contributed by atoms with van der Waals surface area (Å²) in [4.78, 5) is 17.5. The van der Waals surface area contributed by atoms with E-state index in [-0.39, 0.29) is 18.3 Å². The molecule has 1 amide bonds. The Labute approximate surface area is 159 Å². The molecule has 0 spiro atoms. The first kappa shape index (κ1) is 17.2. The third-order valence-electron chi connectivity index (χ3n) is 4.09. The van der Waals surface area contributed by atoms with Crippen LogP contribution in [0.15, 0.2) is 60.0 Å². The van der Waals surface area contributed by atoms with Gasteiger partial charge in [-0.1, -0.05) is 18.2 Å². The number of fused-ring (bicyclic) bond motifs is 1. The summed E-state index contributed by atoms with van der Waals surface area (Å²) >= 11 is 1.32. The van der Waals surface area contributed by atoms with E-state index in [0.717, 1.165) is 16.6 Å². The van der Waals surface area contributed by atoms with Gasteiger partial charge in [0.05, 0.1) is 15.9 Å². The van der Waals surface area contributed by atoms with E-state index in [9.17, 15) is 9.18 Å². The molecule has 0 aliphatic rings. The first-order valence-corrected chi connectivity index (χ1v) is 9.17. The number of ether oxygens (including phenoxy) is 1.